The lowest BCUT2D eigenvalue weighted by molar-refractivity contribution is -0.128. The third-order valence-corrected chi connectivity index (χ3v) is 7.14. The van der Waals surface area contributed by atoms with Crippen LogP contribution in [0.5, 0.6) is 0 Å². The Morgan fingerprint density at radius 3 is 2.09 bits per heavy atom. The maximum atomic E-state index is 12.6. The van der Waals surface area contributed by atoms with Gasteiger partial charge in [-0.25, -0.2) is 0 Å². The highest BCUT2D eigenvalue weighted by Crippen LogP contribution is 2.55. The van der Waals surface area contributed by atoms with Gasteiger partial charge < -0.3 is 5.32 Å². The largest absolute Gasteiger partial charge is 0.356 e. The first kappa shape index (κ1) is 18.8. The van der Waals surface area contributed by atoms with Crippen LogP contribution in [0.25, 0.3) is 0 Å². The fourth-order valence-electron chi connectivity index (χ4n) is 5.37. The van der Waals surface area contributed by atoms with Crippen LogP contribution in [-0.2, 0) is 4.79 Å². The van der Waals surface area contributed by atoms with Crippen LogP contribution < -0.4 is 5.32 Å². The van der Waals surface area contributed by atoms with Crippen molar-refractivity contribution >= 4 is 5.91 Å². The molecule has 2 aliphatic rings. The van der Waals surface area contributed by atoms with Gasteiger partial charge in [0, 0.05) is 12.5 Å². The molecule has 0 aromatic carbocycles. The number of amides is 1. The molecule has 0 aromatic heterocycles. The molecule has 2 rings (SSSR count). The summed E-state index contributed by atoms with van der Waals surface area (Å²) in [6.07, 6.45) is 11.3. The molecular weight excluding hydrogens is 282 g/mol. The lowest BCUT2D eigenvalue weighted by Crippen LogP contribution is -2.46. The third-order valence-electron chi connectivity index (χ3n) is 7.14. The number of carbonyl (C=O) groups excluding carboxylic acids is 1. The Hall–Kier alpha value is -0.530. The van der Waals surface area contributed by atoms with Crippen LogP contribution in [0.1, 0.15) is 92.4 Å². The predicted molar refractivity (Wildman–Crippen MR) is 98.3 cm³/mol. The summed E-state index contributed by atoms with van der Waals surface area (Å²) in [5.74, 6) is 2.02. The van der Waals surface area contributed by atoms with Crippen LogP contribution >= 0.6 is 0 Å². The number of nitrogens with one attached hydrogen (secondary N) is 1. The molecule has 134 valence electrons. The lowest BCUT2D eigenvalue weighted by Gasteiger charge is -2.52. The zero-order valence-corrected chi connectivity index (χ0v) is 16.2. The fraction of sp³-hybridized carbons (Fsp3) is 0.952. The first-order valence-corrected chi connectivity index (χ1v) is 10.0. The molecule has 0 spiro atoms. The molecule has 1 N–H and O–H groups in total. The quantitative estimate of drug-likeness (QED) is 0.721. The van der Waals surface area contributed by atoms with Gasteiger partial charge in [0.2, 0.25) is 5.91 Å². The second-order valence-electron chi connectivity index (χ2n) is 9.58. The van der Waals surface area contributed by atoms with Crippen LogP contribution in [0.2, 0.25) is 0 Å². The van der Waals surface area contributed by atoms with Gasteiger partial charge in [-0.2, -0.15) is 0 Å². The number of hydrogen-bond donors (Lipinski definition) is 1. The monoisotopic (exact) mass is 321 g/mol. The van der Waals surface area contributed by atoms with Crippen molar-refractivity contribution < 1.29 is 4.79 Å². The summed E-state index contributed by atoms with van der Waals surface area (Å²) in [5, 5.41) is 3.28. The number of carbonyl (C=O) groups is 1. The van der Waals surface area contributed by atoms with E-state index in [0.717, 1.165) is 25.3 Å². The van der Waals surface area contributed by atoms with E-state index in [1.54, 1.807) is 0 Å². The Morgan fingerprint density at radius 2 is 1.61 bits per heavy atom. The molecule has 0 bridgehead atoms. The molecule has 23 heavy (non-hydrogen) atoms. The molecule has 0 saturated heterocycles. The van der Waals surface area contributed by atoms with Gasteiger partial charge in [-0.05, 0) is 61.2 Å². The van der Waals surface area contributed by atoms with Crippen LogP contribution in [-0.4, -0.2) is 12.5 Å². The highest BCUT2D eigenvalue weighted by atomic mass is 16.1. The molecule has 0 aromatic rings. The fourth-order valence-corrected chi connectivity index (χ4v) is 5.37. The molecule has 2 saturated carbocycles. The van der Waals surface area contributed by atoms with Gasteiger partial charge >= 0.3 is 0 Å². The number of rotatable bonds is 4. The Morgan fingerprint density at radius 1 is 1.04 bits per heavy atom. The highest BCUT2D eigenvalue weighted by Gasteiger charge is 2.47. The van der Waals surface area contributed by atoms with Crippen molar-refractivity contribution in [3.05, 3.63) is 0 Å². The van der Waals surface area contributed by atoms with Crippen LogP contribution in [0.4, 0.5) is 0 Å². The van der Waals surface area contributed by atoms with Crippen molar-refractivity contribution in [2.75, 3.05) is 6.54 Å². The first-order chi connectivity index (χ1) is 10.8. The summed E-state index contributed by atoms with van der Waals surface area (Å²) >= 11 is 0. The van der Waals surface area contributed by atoms with Gasteiger partial charge in [0.05, 0.1) is 0 Å². The molecule has 2 fully saturated rings. The number of hydrogen-bond acceptors (Lipinski definition) is 1. The van der Waals surface area contributed by atoms with Crippen LogP contribution in [0.15, 0.2) is 0 Å². The second kappa shape index (κ2) is 7.57. The Labute approximate surface area is 144 Å². The predicted octanol–water partition coefficient (Wildman–Crippen LogP) is 5.56. The van der Waals surface area contributed by atoms with Gasteiger partial charge in [-0.3, -0.25) is 4.79 Å². The van der Waals surface area contributed by atoms with Crippen molar-refractivity contribution in [3.8, 4) is 0 Å². The zero-order valence-electron chi connectivity index (χ0n) is 16.2. The summed E-state index contributed by atoms with van der Waals surface area (Å²) in [5.41, 5.74) is 0.720. The summed E-state index contributed by atoms with van der Waals surface area (Å²) in [6, 6.07) is 0. The molecule has 0 atom stereocenters. The molecule has 2 heteroatoms. The minimum absolute atomic E-state index is 0.257. The van der Waals surface area contributed by atoms with Gasteiger partial charge in [-0.1, -0.05) is 53.9 Å². The lowest BCUT2D eigenvalue weighted by atomic mass is 9.53. The standard InChI is InChI=1S/C21H39NO/c1-16(2)21(20(3,4)5)13-11-18(12-14-21)19(23)22-15-17-9-7-6-8-10-17/h16-18H,6-15H2,1-5H3,(H,22,23). The minimum Gasteiger partial charge on any atom is -0.356 e. The van der Waals surface area contributed by atoms with E-state index in [1.807, 2.05) is 0 Å². The molecule has 0 heterocycles. The summed E-state index contributed by atoms with van der Waals surface area (Å²) < 4.78 is 0. The van der Waals surface area contributed by atoms with Gasteiger partial charge in [0.25, 0.3) is 0 Å². The van der Waals surface area contributed by atoms with Gasteiger partial charge in [-0.15, -0.1) is 0 Å². The Kier molecular flexibility index (Phi) is 6.19. The van der Waals surface area contributed by atoms with Crippen LogP contribution in [0, 0.1) is 28.6 Å². The molecule has 0 aliphatic heterocycles. The molecule has 0 unspecified atom stereocenters. The van der Waals surface area contributed by atoms with E-state index in [2.05, 4.69) is 39.9 Å². The second-order valence-corrected chi connectivity index (χ2v) is 9.58. The van der Waals surface area contributed by atoms with Crippen LogP contribution in [0.3, 0.4) is 0 Å². The van der Waals surface area contributed by atoms with Gasteiger partial charge in [0.15, 0.2) is 0 Å². The van der Waals surface area contributed by atoms with Crippen molar-refractivity contribution in [2.45, 2.75) is 92.4 Å². The smallest absolute Gasteiger partial charge is 0.223 e. The van der Waals surface area contributed by atoms with E-state index < -0.39 is 0 Å². The van der Waals surface area contributed by atoms with E-state index in [0.29, 0.717) is 22.7 Å². The molecular formula is C21H39NO. The maximum absolute atomic E-state index is 12.6. The van der Waals surface area contributed by atoms with E-state index in [4.69, 9.17) is 0 Å². The molecule has 1 amide bonds. The average Bonchev–Trinajstić information content (AvgIpc) is 2.52. The summed E-state index contributed by atoms with van der Waals surface area (Å²) in [7, 11) is 0. The topological polar surface area (TPSA) is 29.1 Å². The maximum Gasteiger partial charge on any atom is 0.223 e. The highest BCUT2D eigenvalue weighted by molar-refractivity contribution is 5.78. The molecule has 2 aliphatic carbocycles. The Bertz CT molecular complexity index is 379. The first-order valence-electron chi connectivity index (χ1n) is 10.0. The summed E-state index contributed by atoms with van der Waals surface area (Å²) in [6.45, 7) is 12.8. The minimum atomic E-state index is 0.257. The van der Waals surface area contributed by atoms with Crippen molar-refractivity contribution in [3.63, 3.8) is 0 Å². The van der Waals surface area contributed by atoms with Crippen molar-refractivity contribution in [2.24, 2.45) is 28.6 Å². The molecule has 2 nitrogen and oxygen atoms in total. The van der Waals surface area contributed by atoms with E-state index in [-0.39, 0.29) is 5.92 Å². The van der Waals surface area contributed by atoms with E-state index >= 15 is 0 Å². The van der Waals surface area contributed by atoms with Crippen molar-refractivity contribution in [1.29, 1.82) is 0 Å². The van der Waals surface area contributed by atoms with Crippen molar-refractivity contribution in [1.82, 2.24) is 5.32 Å². The van der Waals surface area contributed by atoms with E-state index in [9.17, 15) is 4.79 Å². The summed E-state index contributed by atoms with van der Waals surface area (Å²) in [4.78, 5) is 12.6. The van der Waals surface area contributed by atoms with Gasteiger partial charge in [0.1, 0.15) is 0 Å². The zero-order chi connectivity index (χ0) is 17.1. The SMILES string of the molecule is CC(C)C1(C(C)(C)C)CCC(C(=O)NCC2CCCCC2)CC1. The van der Waals surface area contributed by atoms with E-state index in [1.165, 1.54) is 44.9 Å². The Balaban J connectivity index is 1.84. The normalized spacial score (nSPS) is 30.4. The molecule has 0 radical (unpaired) electrons. The average molecular weight is 322 g/mol. The third kappa shape index (κ3) is 4.31.